The van der Waals surface area contributed by atoms with Crippen molar-refractivity contribution in [1.82, 2.24) is 21.1 Å². The fraction of sp³-hybridized carbons (Fsp3) is 0.533. The number of benzene rings is 1. The van der Waals surface area contributed by atoms with Gasteiger partial charge in [0.1, 0.15) is 5.82 Å². The second-order valence-electron chi connectivity index (χ2n) is 5.78. The highest BCUT2D eigenvalue weighted by Gasteiger charge is 2.33. The second-order valence-corrected chi connectivity index (χ2v) is 5.78. The Hall–Kier alpha value is -1.50. The molecule has 2 unspecified atom stereocenters. The largest absolute Gasteiger partial charge is 0.351 e. The van der Waals surface area contributed by atoms with Gasteiger partial charge in [-0.2, -0.15) is 0 Å². The molecule has 5 nitrogen and oxygen atoms in total. The molecule has 2 aliphatic heterocycles. The van der Waals surface area contributed by atoms with Crippen molar-refractivity contribution >= 4 is 5.91 Å². The molecule has 0 aliphatic carbocycles. The first kappa shape index (κ1) is 14.4. The SMILES string of the molecule is O=C(CN1CCC2NNCC2C1)NCc1ccccc1F. The maximum Gasteiger partial charge on any atom is 0.234 e. The van der Waals surface area contributed by atoms with Crippen LogP contribution in [0.3, 0.4) is 0 Å². The number of piperidine rings is 1. The monoisotopic (exact) mass is 292 g/mol. The van der Waals surface area contributed by atoms with Gasteiger partial charge in [-0.05, 0) is 12.5 Å². The third kappa shape index (κ3) is 3.58. The van der Waals surface area contributed by atoms with E-state index in [0.29, 0.717) is 24.1 Å². The molecule has 1 aromatic rings. The first-order valence-corrected chi connectivity index (χ1v) is 7.43. The Balaban J connectivity index is 1.45. The van der Waals surface area contributed by atoms with E-state index in [4.69, 9.17) is 0 Å². The van der Waals surface area contributed by atoms with Gasteiger partial charge < -0.3 is 5.32 Å². The number of fused-ring (bicyclic) bond motifs is 1. The third-order valence-electron chi connectivity index (χ3n) is 4.27. The van der Waals surface area contributed by atoms with Crippen LogP contribution >= 0.6 is 0 Å². The van der Waals surface area contributed by atoms with Gasteiger partial charge in [0.15, 0.2) is 0 Å². The molecule has 0 aromatic heterocycles. The number of carbonyl (C=O) groups is 1. The number of rotatable bonds is 4. The average Bonchev–Trinajstić information content (AvgIpc) is 2.94. The summed E-state index contributed by atoms with van der Waals surface area (Å²) in [5, 5.41) is 2.79. The Morgan fingerprint density at radius 3 is 3.14 bits per heavy atom. The second kappa shape index (κ2) is 6.51. The van der Waals surface area contributed by atoms with Crippen molar-refractivity contribution < 1.29 is 9.18 Å². The van der Waals surface area contributed by atoms with E-state index in [1.807, 2.05) is 0 Å². The van der Waals surface area contributed by atoms with Gasteiger partial charge >= 0.3 is 0 Å². The van der Waals surface area contributed by atoms with Crippen molar-refractivity contribution in [3.63, 3.8) is 0 Å². The summed E-state index contributed by atoms with van der Waals surface area (Å²) in [7, 11) is 0. The third-order valence-corrected chi connectivity index (χ3v) is 4.27. The van der Waals surface area contributed by atoms with Crippen LogP contribution in [-0.2, 0) is 11.3 Å². The summed E-state index contributed by atoms with van der Waals surface area (Å²) in [6.45, 7) is 3.44. The van der Waals surface area contributed by atoms with Crippen molar-refractivity contribution in [2.45, 2.75) is 19.0 Å². The number of halogens is 1. The number of hydrogen-bond acceptors (Lipinski definition) is 4. The number of amides is 1. The van der Waals surface area contributed by atoms with E-state index < -0.39 is 0 Å². The van der Waals surface area contributed by atoms with Gasteiger partial charge in [0.2, 0.25) is 5.91 Å². The fourth-order valence-corrected chi connectivity index (χ4v) is 3.06. The van der Waals surface area contributed by atoms with Gasteiger partial charge in [0, 0.05) is 43.7 Å². The van der Waals surface area contributed by atoms with Crippen molar-refractivity contribution in [2.75, 3.05) is 26.2 Å². The topological polar surface area (TPSA) is 56.4 Å². The van der Waals surface area contributed by atoms with E-state index in [1.165, 1.54) is 6.07 Å². The summed E-state index contributed by atoms with van der Waals surface area (Å²) in [4.78, 5) is 14.2. The molecule has 6 heteroatoms. The Morgan fingerprint density at radius 2 is 2.29 bits per heavy atom. The minimum absolute atomic E-state index is 0.0457. The molecular formula is C15H21FN4O. The van der Waals surface area contributed by atoms with Gasteiger partial charge in [0.05, 0.1) is 6.54 Å². The van der Waals surface area contributed by atoms with Gasteiger partial charge in [-0.3, -0.25) is 20.5 Å². The molecule has 2 fully saturated rings. The molecule has 3 rings (SSSR count). The number of hydrazine groups is 1. The zero-order valence-electron chi connectivity index (χ0n) is 11.9. The molecule has 1 aromatic carbocycles. The van der Waals surface area contributed by atoms with E-state index >= 15 is 0 Å². The van der Waals surface area contributed by atoms with Gasteiger partial charge in [0.25, 0.3) is 0 Å². The van der Waals surface area contributed by atoms with Crippen LogP contribution in [0.1, 0.15) is 12.0 Å². The minimum atomic E-state index is -0.276. The van der Waals surface area contributed by atoms with E-state index in [9.17, 15) is 9.18 Å². The number of hydrogen-bond donors (Lipinski definition) is 3. The highest BCUT2D eigenvalue weighted by molar-refractivity contribution is 5.78. The molecule has 2 atom stereocenters. The van der Waals surface area contributed by atoms with Crippen LogP contribution < -0.4 is 16.2 Å². The lowest BCUT2D eigenvalue weighted by Crippen LogP contribution is -2.48. The summed E-state index contributed by atoms with van der Waals surface area (Å²) in [5.74, 6) is 0.246. The van der Waals surface area contributed by atoms with Crippen LogP contribution in [0.15, 0.2) is 24.3 Å². The molecule has 2 aliphatic rings. The van der Waals surface area contributed by atoms with Crippen LogP contribution in [0, 0.1) is 11.7 Å². The predicted molar refractivity (Wildman–Crippen MR) is 77.7 cm³/mol. The van der Waals surface area contributed by atoms with Crippen molar-refractivity contribution in [3.8, 4) is 0 Å². The first-order valence-electron chi connectivity index (χ1n) is 7.43. The number of nitrogens with zero attached hydrogens (tertiary/aromatic N) is 1. The Kier molecular flexibility index (Phi) is 4.48. The van der Waals surface area contributed by atoms with Crippen LogP contribution in [0.25, 0.3) is 0 Å². The summed E-state index contributed by atoms with van der Waals surface area (Å²) < 4.78 is 13.5. The normalized spacial score (nSPS) is 25.6. The lowest BCUT2D eigenvalue weighted by atomic mass is 9.94. The van der Waals surface area contributed by atoms with E-state index in [1.54, 1.807) is 18.2 Å². The number of likely N-dealkylation sites (tertiary alicyclic amines) is 1. The van der Waals surface area contributed by atoms with Crippen molar-refractivity contribution in [3.05, 3.63) is 35.6 Å². The van der Waals surface area contributed by atoms with Crippen molar-refractivity contribution in [2.24, 2.45) is 5.92 Å². The zero-order valence-corrected chi connectivity index (χ0v) is 11.9. The molecule has 0 saturated carbocycles. The highest BCUT2D eigenvalue weighted by atomic mass is 19.1. The van der Waals surface area contributed by atoms with Gasteiger partial charge in [-0.15, -0.1) is 0 Å². The van der Waals surface area contributed by atoms with E-state index in [-0.39, 0.29) is 18.3 Å². The quantitative estimate of drug-likeness (QED) is 0.744. The summed E-state index contributed by atoms with van der Waals surface area (Å²) >= 11 is 0. The minimum Gasteiger partial charge on any atom is -0.351 e. The molecule has 0 spiro atoms. The molecule has 2 heterocycles. The maximum atomic E-state index is 13.5. The van der Waals surface area contributed by atoms with Crippen LogP contribution in [-0.4, -0.2) is 43.0 Å². The number of carbonyl (C=O) groups excluding carboxylic acids is 1. The summed E-state index contributed by atoms with van der Waals surface area (Å²) in [6.07, 6.45) is 1.05. The zero-order chi connectivity index (χ0) is 14.7. The molecule has 0 radical (unpaired) electrons. The lowest BCUT2D eigenvalue weighted by molar-refractivity contribution is -0.122. The van der Waals surface area contributed by atoms with E-state index in [2.05, 4.69) is 21.1 Å². The van der Waals surface area contributed by atoms with Crippen LogP contribution in [0.4, 0.5) is 4.39 Å². The fourth-order valence-electron chi connectivity index (χ4n) is 3.06. The number of nitrogens with one attached hydrogen (secondary N) is 3. The Morgan fingerprint density at radius 1 is 1.43 bits per heavy atom. The van der Waals surface area contributed by atoms with Crippen LogP contribution in [0.5, 0.6) is 0 Å². The molecule has 114 valence electrons. The molecule has 1 amide bonds. The maximum absolute atomic E-state index is 13.5. The smallest absolute Gasteiger partial charge is 0.234 e. The first-order chi connectivity index (χ1) is 10.2. The predicted octanol–water partition coefficient (Wildman–Crippen LogP) is 0.240. The molecule has 0 bridgehead atoms. The molecule has 3 N–H and O–H groups in total. The Bertz CT molecular complexity index is 510. The molecular weight excluding hydrogens is 271 g/mol. The van der Waals surface area contributed by atoms with Gasteiger partial charge in [-0.1, -0.05) is 18.2 Å². The summed E-state index contributed by atoms with van der Waals surface area (Å²) in [6, 6.07) is 7.05. The average molecular weight is 292 g/mol. The Labute approximate surface area is 123 Å². The standard InChI is InChI=1S/C15H21FN4O/c16-13-4-2-1-3-11(13)7-17-15(21)10-20-6-5-14-12(9-20)8-18-19-14/h1-4,12,14,18-19H,5-10H2,(H,17,21). The van der Waals surface area contributed by atoms with Crippen molar-refractivity contribution in [1.29, 1.82) is 0 Å². The molecule has 21 heavy (non-hydrogen) atoms. The van der Waals surface area contributed by atoms with Gasteiger partial charge in [-0.25, -0.2) is 4.39 Å². The lowest BCUT2D eigenvalue weighted by Gasteiger charge is -2.33. The van der Waals surface area contributed by atoms with E-state index in [0.717, 1.165) is 26.1 Å². The molecule has 2 saturated heterocycles. The highest BCUT2D eigenvalue weighted by Crippen LogP contribution is 2.19. The van der Waals surface area contributed by atoms with Crippen LogP contribution in [0.2, 0.25) is 0 Å². The summed E-state index contributed by atoms with van der Waals surface area (Å²) in [5.41, 5.74) is 6.96.